The van der Waals surface area contributed by atoms with Gasteiger partial charge in [-0.1, -0.05) is 32.9 Å². The molecule has 1 amide bonds. The number of likely N-dealkylation sites (tertiary alicyclic amines) is 1. The van der Waals surface area contributed by atoms with Gasteiger partial charge in [-0.2, -0.15) is 0 Å². The molecule has 1 aromatic rings. The molecular formula is C27H41N3O4. The Morgan fingerprint density at radius 1 is 1.18 bits per heavy atom. The van der Waals surface area contributed by atoms with Crippen molar-refractivity contribution in [2.75, 3.05) is 24.5 Å². The summed E-state index contributed by atoms with van der Waals surface area (Å²) in [6.07, 6.45) is 7.16. The van der Waals surface area contributed by atoms with Gasteiger partial charge in [0.25, 0.3) is 0 Å². The second-order valence-corrected chi connectivity index (χ2v) is 11.7. The molecule has 188 valence electrons. The Labute approximate surface area is 204 Å². The zero-order valence-electron chi connectivity index (χ0n) is 21.6. The van der Waals surface area contributed by atoms with Gasteiger partial charge in [-0.15, -0.1) is 0 Å². The lowest BCUT2D eigenvalue weighted by Gasteiger charge is -2.41. The number of hydrogen-bond acceptors (Lipinski definition) is 5. The topological polar surface area (TPSA) is 83.0 Å². The molecule has 0 aliphatic carbocycles. The van der Waals surface area contributed by atoms with Gasteiger partial charge in [0.05, 0.1) is 0 Å². The highest BCUT2D eigenvalue weighted by molar-refractivity contribution is 5.87. The minimum Gasteiger partial charge on any atom is -0.465 e. The van der Waals surface area contributed by atoms with Gasteiger partial charge in [-0.3, -0.25) is 9.80 Å². The Kier molecular flexibility index (Phi) is 8.06. The fourth-order valence-electron chi connectivity index (χ4n) is 4.97. The highest BCUT2D eigenvalue weighted by atomic mass is 16.6. The molecule has 0 radical (unpaired) electrons. The maximum atomic E-state index is 12.1. The second kappa shape index (κ2) is 10.5. The Bertz CT molecular complexity index is 913. The van der Waals surface area contributed by atoms with Gasteiger partial charge in [-0.25, -0.2) is 14.6 Å². The molecule has 1 saturated heterocycles. The highest BCUT2D eigenvalue weighted by Crippen LogP contribution is 2.37. The number of carboxylic acid groups (broad SMARTS) is 1. The predicted octanol–water partition coefficient (Wildman–Crippen LogP) is 5.08. The van der Waals surface area contributed by atoms with E-state index < -0.39 is 11.7 Å². The van der Waals surface area contributed by atoms with Gasteiger partial charge in [0.15, 0.2) is 0 Å². The van der Waals surface area contributed by atoms with Crippen LogP contribution >= 0.6 is 0 Å². The number of carbonyl (C=O) groups excluding carboxylic acids is 1. The number of nitrogens with zero attached hydrogens (tertiary/aromatic N) is 3. The minimum atomic E-state index is -0.920. The van der Waals surface area contributed by atoms with Crippen LogP contribution in [-0.2, 0) is 22.4 Å². The first-order valence-electron chi connectivity index (χ1n) is 12.5. The van der Waals surface area contributed by atoms with Crippen LogP contribution in [0.1, 0.15) is 72.1 Å². The maximum Gasteiger partial charge on any atom is 0.413 e. The maximum absolute atomic E-state index is 12.1. The van der Waals surface area contributed by atoms with Gasteiger partial charge in [0.1, 0.15) is 11.4 Å². The number of anilines is 1. The standard InChI is InChI=1S/C27H41N3O4/c1-26(2,3)22-14-11-20-10-13-21(28-24(20)30(22)25(32)33)12-9-19-15-17-29(18-19)16-7-8-23(31)34-27(4,5)6/h7-8,10,13,19,22H,9,11-12,14-18H2,1-6H3,(H,32,33). The lowest BCUT2D eigenvalue weighted by molar-refractivity contribution is -0.148. The zero-order chi connectivity index (χ0) is 25.1. The number of hydrogen-bond donors (Lipinski definition) is 1. The van der Waals surface area contributed by atoms with E-state index in [0.717, 1.165) is 63.0 Å². The first-order chi connectivity index (χ1) is 15.8. The Hall–Kier alpha value is -2.41. The van der Waals surface area contributed by atoms with E-state index in [9.17, 15) is 14.7 Å². The van der Waals surface area contributed by atoms with Gasteiger partial charge in [0.2, 0.25) is 0 Å². The average Bonchev–Trinajstić information content (AvgIpc) is 3.16. The lowest BCUT2D eigenvalue weighted by atomic mass is 9.80. The van der Waals surface area contributed by atoms with Crippen molar-refractivity contribution in [3.8, 4) is 0 Å². The molecule has 1 aromatic heterocycles. The number of amides is 1. The number of carbonyl (C=O) groups is 2. The van der Waals surface area contributed by atoms with Crippen LogP contribution in [0.15, 0.2) is 24.3 Å². The lowest BCUT2D eigenvalue weighted by Crippen LogP contribution is -2.50. The van der Waals surface area contributed by atoms with Gasteiger partial charge in [-0.05, 0) is 82.4 Å². The van der Waals surface area contributed by atoms with Crippen LogP contribution in [0.5, 0.6) is 0 Å². The van der Waals surface area contributed by atoms with E-state index in [1.807, 2.05) is 26.8 Å². The summed E-state index contributed by atoms with van der Waals surface area (Å²) in [5.74, 6) is 0.896. The average molecular weight is 472 g/mol. The normalized spacial score (nSPS) is 21.6. The minimum absolute atomic E-state index is 0.0719. The largest absolute Gasteiger partial charge is 0.465 e. The summed E-state index contributed by atoms with van der Waals surface area (Å²) in [6.45, 7) is 14.6. The third-order valence-corrected chi connectivity index (χ3v) is 6.65. The van der Waals surface area contributed by atoms with Crippen LogP contribution in [0.3, 0.4) is 0 Å². The van der Waals surface area contributed by atoms with Crippen molar-refractivity contribution in [3.63, 3.8) is 0 Å². The summed E-state index contributed by atoms with van der Waals surface area (Å²) in [5, 5.41) is 9.95. The summed E-state index contributed by atoms with van der Waals surface area (Å²) in [6, 6.07) is 4.05. The van der Waals surface area contributed by atoms with Crippen LogP contribution in [-0.4, -0.2) is 58.3 Å². The molecule has 3 heterocycles. The molecule has 2 unspecified atom stereocenters. The third kappa shape index (κ3) is 7.05. The Morgan fingerprint density at radius 2 is 1.91 bits per heavy atom. The van der Waals surface area contributed by atoms with Crippen molar-refractivity contribution in [1.29, 1.82) is 0 Å². The van der Waals surface area contributed by atoms with Crippen LogP contribution in [0, 0.1) is 11.3 Å². The molecule has 2 atom stereocenters. The molecule has 0 aromatic carbocycles. The Balaban J connectivity index is 1.55. The molecule has 0 spiro atoms. The Morgan fingerprint density at radius 3 is 2.56 bits per heavy atom. The highest BCUT2D eigenvalue weighted by Gasteiger charge is 2.39. The van der Waals surface area contributed by atoms with Gasteiger partial charge >= 0.3 is 12.1 Å². The van der Waals surface area contributed by atoms with Crippen LogP contribution in [0.25, 0.3) is 0 Å². The van der Waals surface area contributed by atoms with Crippen molar-refractivity contribution in [3.05, 3.63) is 35.5 Å². The SMILES string of the molecule is CC(C)(C)OC(=O)C=CCN1CCC(CCc2ccc3c(n2)N(C(=O)O)C(C(C)(C)C)CC3)C1. The molecule has 2 aliphatic heterocycles. The van der Waals surface area contributed by atoms with Crippen molar-refractivity contribution in [2.24, 2.45) is 11.3 Å². The van der Waals surface area contributed by atoms with Crippen molar-refractivity contribution >= 4 is 17.9 Å². The van der Waals surface area contributed by atoms with Crippen molar-refractivity contribution in [2.45, 2.75) is 85.3 Å². The molecule has 2 aliphatic rings. The summed E-state index contributed by atoms with van der Waals surface area (Å²) < 4.78 is 5.31. The summed E-state index contributed by atoms with van der Waals surface area (Å²) in [5.41, 5.74) is 1.37. The van der Waals surface area contributed by atoms with Crippen molar-refractivity contribution in [1.82, 2.24) is 9.88 Å². The molecule has 3 rings (SSSR count). The molecule has 7 heteroatoms. The molecule has 0 bridgehead atoms. The number of rotatable bonds is 6. The molecule has 34 heavy (non-hydrogen) atoms. The fraction of sp³-hybridized carbons (Fsp3) is 0.667. The fourth-order valence-corrected chi connectivity index (χ4v) is 4.97. The number of pyridine rings is 1. The van der Waals surface area contributed by atoms with E-state index in [4.69, 9.17) is 9.72 Å². The van der Waals surface area contributed by atoms with E-state index in [0.29, 0.717) is 11.7 Å². The van der Waals surface area contributed by atoms with E-state index >= 15 is 0 Å². The van der Waals surface area contributed by atoms with Crippen LogP contribution < -0.4 is 4.90 Å². The molecule has 1 N–H and O–H groups in total. The van der Waals surface area contributed by atoms with Crippen LogP contribution in [0.4, 0.5) is 10.6 Å². The quantitative estimate of drug-likeness (QED) is 0.460. The zero-order valence-corrected chi connectivity index (χ0v) is 21.6. The summed E-state index contributed by atoms with van der Waals surface area (Å²) in [7, 11) is 0. The smallest absolute Gasteiger partial charge is 0.413 e. The van der Waals surface area contributed by atoms with Gasteiger partial charge < -0.3 is 9.84 Å². The van der Waals surface area contributed by atoms with Crippen LogP contribution in [0.2, 0.25) is 0 Å². The second-order valence-electron chi connectivity index (χ2n) is 11.7. The first-order valence-corrected chi connectivity index (χ1v) is 12.5. The number of esters is 1. The van der Waals surface area contributed by atoms with Crippen molar-refractivity contribution < 1.29 is 19.4 Å². The third-order valence-electron chi connectivity index (χ3n) is 6.65. The van der Waals surface area contributed by atoms with E-state index in [1.165, 1.54) is 11.0 Å². The number of fused-ring (bicyclic) bond motifs is 1. The summed E-state index contributed by atoms with van der Waals surface area (Å²) in [4.78, 5) is 32.6. The number of aromatic nitrogens is 1. The predicted molar refractivity (Wildman–Crippen MR) is 134 cm³/mol. The molecule has 7 nitrogen and oxygen atoms in total. The number of ether oxygens (including phenoxy) is 1. The summed E-state index contributed by atoms with van der Waals surface area (Å²) >= 11 is 0. The molecular weight excluding hydrogens is 430 g/mol. The van der Waals surface area contributed by atoms with E-state index in [-0.39, 0.29) is 17.4 Å². The van der Waals surface area contributed by atoms with E-state index in [2.05, 4.69) is 37.8 Å². The molecule has 0 saturated carbocycles. The first kappa shape index (κ1) is 26.2. The monoisotopic (exact) mass is 471 g/mol. The number of aryl methyl sites for hydroxylation is 2. The van der Waals surface area contributed by atoms with E-state index in [1.54, 1.807) is 0 Å². The van der Waals surface area contributed by atoms with Gasteiger partial charge in [0, 0.05) is 30.9 Å². The molecule has 1 fully saturated rings.